The molecule has 0 bridgehead atoms. The predicted molar refractivity (Wildman–Crippen MR) is 170 cm³/mol. The molecular weight excluding hydrogens is 594 g/mol. The lowest BCUT2D eigenvalue weighted by atomic mass is 10.0. The first-order chi connectivity index (χ1) is 21.7. The number of benzene rings is 2. The Balaban J connectivity index is 2.15. The van der Waals surface area contributed by atoms with Gasteiger partial charge in [-0.2, -0.15) is 0 Å². The number of primary amides is 1. The Bertz CT molecular complexity index is 1340. The first kappa shape index (κ1) is 37.2. The van der Waals surface area contributed by atoms with Crippen molar-refractivity contribution in [1.82, 2.24) is 21.3 Å². The number of nitrogens with two attached hydrogens (primary N) is 1. The Morgan fingerprint density at radius 2 is 1.37 bits per heavy atom. The van der Waals surface area contributed by atoms with Gasteiger partial charge in [-0.3, -0.25) is 24.0 Å². The van der Waals surface area contributed by atoms with Gasteiger partial charge in [-0.05, 0) is 57.4 Å². The molecule has 0 heterocycles. The summed E-state index contributed by atoms with van der Waals surface area (Å²) in [7, 11) is 0. The number of alkyl carbamates (subject to hydrolysis) is 1. The minimum Gasteiger partial charge on any atom is -0.444 e. The van der Waals surface area contributed by atoms with Gasteiger partial charge in [-0.25, -0.2) is 4.79 Å². The topological polar surface area (TPSA) is 195 Å². The highest BCUT2D eigenvalue weighted by Gasteiger charge is 2.29. The molecule has 0 radical (unpaired) electrons. The number of ether oxygens (including phenoxy) is 2. The van der Waals surface area contributed by atoms with Gasteiger partial charge >= 0.3 is 12.1 Å². The van der Waals surface area contributed by atoms with E-state index in [2.05, 4.69) is 21.3 Å². The van der Waals surface area contributed by atoms with E-state index in [0.717, 1.165) is 18.4 Å². The summed E-state index contributed by atoms with van der Waals surface area (Å²) >= 11 is 0. The summed E-state index contributed by atoms with van der Waals surface area (Å²) in [6.45, 7) is 8.04. The quantitative estimate of drug-likeness (QED) is 0.136. The molecule has 3 unspecified atom stereocenters. The van der Waals surface area contributed by atoms with E-state index in [1.807, 2.05) is 6.92 Å². The molecule has 2 aromatic rings. The fraction of sp³-hybridized carbons (Fsp3) is 0.455. The highest BCUT2D eigenvalue weighted by atomic mass is 16.6. The number of hydrogen-bond acceptors (Lipinski definition) is 8. The minimum absolute atomic E-state index is 0.0234. The Hall–Kier alpha value is -4.94. The maximum absolute atomic E-state index is 13.4. The molecule has 13 nitrogen and oxygen atoms in total. The molecule has 0 fully saturated rings. The molecule has 0 spiro atoms. The molecule has 0 saturated carbocycles. The number of nitrogens with one attached hydrogen (secondary N) is 4. The summed E-state index contributed by atoms with van der Waals surface area (Å²) in [5.74, 6) is -2.72. The third kappa shape index (κ3) is 14.2. The molecule has 6 N–H and O–H groups in total. The van der Waals surface area contributed by atoms with Crippen LogP contribution < -0.4 is 31.7 Å². The van der Waals surface area contributed by atoms with Gasteiger partial charge in [0.05, 0.1) is 6.54 Å². The predicted octanol–water partition coefficient (Wildman–Crippen LogP) is 2.05. The second-order valence-corrected chi connectivity index (χ2v) is 11.8. The van der Waals surface area contributed by atoms with Crippen LogP contribution in [0.5, 0.6) is 5.75 Å². The van der Waals surface area contributed by atoms with E-state index in [1.165, 1.54) is 6.92 Å². The molecule has 0 aliphatic rings. The molecule has 0 saturated heterocycles. The number of amides is 5. The molecule has 0 aliphatic heterocycles. The van der Waals surface area contributed by atoms with E-state index in [4.69, 9.17) is 15.2 Å². The summed E-state index contributed by atoms with van der Waals surface area (Å²) in [5.41, 5.74) is 5.70. The van der Waals surface area contributed by atoms with Gasteiger partial charge in [-0.15, -0.1) is 0 Å². The van der Waals surface area contributed by atoms with Crippen LogP contribution in [0.2, 0.25) is 0 Å². The number of carbonyl (C=O) groups is 6. The van der Waals surface area contributed by atoms with Crippen LogP contribution in [0.3, 0.4) is 0 Å². The van der Waals surface area contributed by atoms with Crippen molar-refractivity contribution in [3.05, 3.63) is 65.7 Å². The van der Waals surface area contributed by atoms with Gasteiger partial charge in [0.25, 0.3) is 0 Å². The van der Waals surface area contributed by atoms with Crippen LogP contribution in [0.25, 0.3) is 0 Å². The van der Waals surface area contributed by atoms with E-state index in [0.29, 0.717) is 17.7 Å². The number of rotatable bonds is 16. The molecule has 46 heavy (non-hydrogen) atoms. The van der Waals surface area contributed by atoms with E-state index in [-0.39, 0.29) is 18.8 Å². The Kier molecular flexibility index (Phi) is 14.7. The third-order valence-corrected chi connectivity index (χ3v) is 6.44. The molecule has 0 aliphatic carbocycles. The second kappa shape index (κ2) is 18.1. The van der Waals surface area contributed by atoms with Crippen molar-refractivity contribution in [2.24, 2.45) is 5.73 Å². The van der Waals surface area contributed by atoms with E-state index in [1.54, 1.807) is 75.4 Å². The molecule has 5 amide bonds. The standard InChI is InChI=1S/C33H45N5O8/c1-6-7-13-28(40)45-24-16-14-23(15-17-24)19-26(38-32(44)46-33(3,4)5)31(43)36-21(2)29(41)37-25(30(42)35-20-27(34)39)18-22-11-9-8-10-12-22/h8-12,14-17,21,25-26H,6-7,13,18-20H2,1-5H3,(H2,34,39)(H,35,42)(H,36,43)(H,37,41)(H,38,44). The Labute approximate surface area is 269 Å². The maximum Gasteiger partial charge on any atom is 0.408 e. The van der Waals surface area contributed by atoms with Crippen molar-refractivity contribution in [1.29, 1.82) is 0 Å². The molecule has 3 atom stereocenters. The van der Waals surface area contributed by atoms with Gasteiger partial charge in [0.15, 0.2) is 0 Å². The lowest BCUT2D eigenvalue weighted by Gasteiger charge is -2.25. The zero-order chi connectivity index (χ0) is 34.3. The normalized spacial score (nSPS) is 12.9. The van der Waals surface area contributed by atoms with Crippen LogP contribution in [0.1, 0.15) is 65.0 Å². The van der Waals surface area contributed by atoms with Gasteiger partial charge < -0.3 is 36.5 Å². The van der Waals surface area contributed by atoms with Crippen molar-refractivity contribution in [2.75, 3.05) is 6.54 Å². The molecule has 2 rings (SSSR count). The van der Waals surface area contributed by atoms with Crippen LogP contribution in [0, 0.1) is 0 Å². The maximum atomic E-state index is 13.4. The number of hydrogen-bond donors (Lipinski definition) is 5. The van der Waals surface area contributed by atoms with E-state index in [9.17, 15) is 28.8 Å². The average molecular weight is 640 g/mol. The molecule has 13 heteroatoms. The highest BCUT2D eigenvalue weighted by Crippen LogP contribution is 2.16. The minimum atomic E-state index is -1.15. The molecular formula is C33H45N5O8. The lowest BCUT2D eigenvalue weighted by molar-refractivity contribution is -0.134. The van der Waals surface area contributed by atoms with Crippen LogP contribution in [0.15, 0.2) is 54.6 Å². The lowest BCUT2D eigenvalue weighted by Crippen LogP contribution is -2.57. The van der Waals surface area contributed by atoms with Crippen molar-refractivity contribution in [2.45, 2.75) is 90.4 Å². The summed E-state index contributed by atoms with van der Waals surface area (Å²) in [6.07, 6.45) is 1.19. The Morgan fingerprint density at radius 1 is 0.783 bits per heavy atom. The van der Waals surface area contributed by atoms with Crippen LogP contribution in [0.4, 0.5) is 4.79 Å². The van der Waals surface area contributed by atoms with Gasteiger partial charge in [0, 0.05) is 19.3 Å². The Morgan fingerprint density at radius 3 is 1.93 bits per heavy atom. The fourth-order valence-corrected chi connectivity index (χ4v) is 4.12. The van der Waals surface area contributed by atoms with Gasteiger partial charge in [0.1, 0.15) is 29.5 Å². The summed E-state index contributed by atoms with van der Waals surface area (Å²) in [4.78, 5) is 75.1. The van der Waals surface area contributed by atoms with Crippen molar-refractivity contribution >= 4 is 35.7 Å². The van der Waals surface area contributed by atoms with Crippen molar-refractivity contribution in [3.8, 4) is 5.75 Å². The first-order valence-electron chi connectivity index (χ1n) is 15.2. The molecule has 250 valence electrons. The van der Waals surface area contributed by atoms with Crippen molar-refractivity contribution < 1.29 is 38.2 Å². The zero-order valence-corrected chi connectivity index (χ0v) is 27.0. The average Bonchev–Trinajstić information content (AvgIpc) is 2.98. The molecule has 0 aromatic heterocycles. The fourth-order valence-electron chi connectivity index (χ4n) is 4.12. The SMILES string of the molecule is CCCCC(=O)Oc1ccc(CC(NC(=O)OC(C)(C)C)C(=O)NC(C)C(=O)NC(Cc2ccccc2)C(=O)NCC(N)=O)cc1. The van der Waals surface area contributed by atoms with E-state index >= 15 is 0 Å². The van der Waals surface area contributed by atoms with Crippen LogP contribution in [-0.4, -0.2) is 66.0 Å². The molecule has 2 aromatic carbocycles. The third-order valence-electron chi connectivity index (χ3n) is 6.44. The zero-order valence-electron chi connectivity index (χ0n) is 27.0. The second-order valence-electron chi connectivity index (χ2n) is 11.8. The highest BCUT2D eigenvalue weighted by molar-refractivity contribution is 5.94. The monoisotopic (exact) mass is 639 g/mol. The number of unbranched alkanes of at least 4 members (excludes halogenated alkanes) is 1. The van der Waals surface area contributed by atoms with Gasteiger partial charge in [-0.1, -0.05) is 55.8 Å². The van der Waals surface area contributed by atoms with Crippen LogP contribution in [-0.2, 0) is 41.6 Å². The summed E-state index contributed by atoms with van der Waals surface area (Å²) < 4.78 is 10.7. The van der Waals surface area contributed by atoms with E-state index < -0.39 is 60.0 Å². The number of esters is 1. The smallest absolute Gasteiger partial charge is 0.408 e. The largest absolute Gasteiger partial charge is 0.444 e. The van der Waals surface area contributed by atoms with Crippen LogP contribution >= 0.6 is 0 Å². The summed E-state index contributed by atoms with van der Waals surface area (Å²) in [5, 5.41) is 10.2. The van der Waals surface area contributed by atoms with Crippen molar-refractivity contribution in [3.63, 3.8) is 0 Å². The first-order valence-corrected chi connectivity index (χ1v) is 15.2. The number of carbonyl (C=O) groups excluding carboxylic acids is 6. The van der Waals surface area contributed by atoms with Gasteiger partial charge in [0.2, 0.25) is 23.6 Å². The summed E-state index contributed by atoms with van der Waals surface area (Å²) in [6, 6.07) is 12.1.